The zero-order valence-electron chi connectivity index (χ0n) is 14.9. The van der Waals surface area contributed by atoms with Crippen molar-refractivity contribution in [2.24, 2.45) is 10.9 Å². The summed E-state index contributed by atoms with van der Waals surface area (Å²) in [5, 5.41) is 6.57. The standard InChI is InChI=1S/C18H29N3O2.HI/c1-14(2)23-17-9-7-16(8-10-17)21-18(19-3)20-11-4-12-22-13-15-5-6-15;/h7-10,14-15H,4-6,11-13H2,1-3H3,(H2,19,20,21);1H. The van der Waals surface area contributed by atoms with Crippen molar-refractivity contribution >= 4 is 35.6 Å². The summed E-state index contributed by atoms with van der Waals surface area (Å²) >= 11 is 0. The van der Waals surface area contributed by atoms with Crippen molar-refractivity contribution in [3.8, 4) is 5.75 Å². The lowest BCUT2D eigenvalue weighted by atomic mass is 10.3. The number of benzene rings is 1. The van der Waals surface area contributed by atoms with Crippen LogP contribution in [0.5, 0.6) is 5.75 Å². The Hall–Kier alpha value is -1.02. The van der Waals surface area contributed by atoms with Gasteiger partial charge in [-0.25, -0.2) is 0 Å². The zero-order chi connectivity index (χ0) is 16.5. The number of aliphatic imine (C=N–C) groups is 1. The fraction of sp³-hybridized carbons (Fsp3) is 0.611. The predicted octanol–water partition coefficient (Wildman–Crippen LogP) is 3.90. The minimum Gasteiger partial charge on any atom is -0.491 e. The molecule has 0 bridgehead atoms. The van der Waals surface area contributed by atoms with Crippen molar-refractivity contribution in [1.82, 2.24) is 5.32 Å². The molecule has 1 aromatic rings. The number of hydrogen-bond acceptors (Lipinski definition) is 3. The molecule has 5 nitrogen and oxygen atoms in total. The highest BCUT2D eigenvalue weighted by Crippen LogP contribution is 2.28. The maximum Gasteiger partial charge on any atom is 0.195 e. The molecule has 0 saturated heterocycles. The van der Waals surface area contributed by atoms with E-state index in [-0.39, 0.29) is 30.1 Å². The first-order valence-electron chi connectivity index (χ1n) is 8.49. The maximum atomic E-state index is 5.64. The predicted molar refractivity (Wildman–Crippen MR) is 111 cm³/mol. The Morgan fingerprint density at radius 1 is 1.25 bits per heavy atom. The number of nitrogens with zero attached hydrogens (tertiary/aromatic N) is 1. The van der Waals surface area contributed by atoms with Crippen LogP contribution in [0.15, 0.2) is 29.3 Å². The van der Waals surface area contributed by atoms with Crippen LogP contribution in [0.25, 0.3) is 0 Å². The van der Waals surface area contributed by atoms with E-state index in [1.807, 2.05) is 38.1 Å². The molecule has 0 aliphatic heterocycles. The molecule has 1 aromatic carbocycles. The molecule has 6 heteroatoms. The third-order valence-electron chi connectivity index (χ3n) is 3.52. The van der Waals surface area contributed by atoms with Crippen molar-refractivity contribution in [1.29, 1.82) is 0 Å². The van der Waals surface area contributed by atoms with E-state index < -0.39 is 0 Å². The summed E-state index contributed by atoms with van der Waals surface area (Å²) in [7, 11) is 1.77. The van der Waals surface area contributed by atoms with Crippen LogP contribution in [0.1, 0.15) is 33.1 Å². The molecule has 2 N–H and O–H groups in total. The number of guanidine groups is 1. The van der Waals surface area contributed by atoms with Crippen LogP contribution in [-0.4, -0.2) is 38.9 Å². The Kier molecular flexibility index (Phi) is 10.1. The SMILES string of the molecule is CN=C(NCCCOCC1CC1)Nc1ccc(OC(C)C)cc1.I. The monoisotopic (exact) mass is 447 g/mol. The average molecular weight is 447 g/mol. The summed E-state index contributed by atoms with van der Waals surface area (Å²) in [4.78, 5) is 4.23. The van der Waals surface area contributed by atoms with E-state index in [1.165, 1.54) is 12.8 Å². The minimum absolute atomic E-state index is 0. The Labute approximate surface area is 162 Å². The smallest absolute Gasteiger partial charge is 0.195 e. The van der Waals surface area contributed by atoms with Gasteiger partial charge in [0.2, 0.25) is 0 Å². The van der Waals surface area contributed by atoms with Gasteiger partial charge in [-0.2, -0.15) is 0 Å². The number of halogens is 1. The molecule has 0 spiro atoms. The molecular formula is C18H30IN3O2. The van der Waals surface area contributed by atoms with E-state index in [2.05, 4.69) is 15.6 Å². The topological polar surface area (TPSA) is 54.9 Å². The van der Waals surface area contributed by atoms with Gasteiger partial charge in [0.25, 0.3) is 0 Å². The van der Waals surface area contributed by atoms with Crippen LogP contribution in [0.4, 0.5) is 5.69 Å². The van der Waals surface area contributed by atoms with Crippen LogP contribution in [0, 0.1) is 5.92 Å². The van der Waals surface area contributed by atoms with Gasteiger partial charge < -0.3 is 20.1 Å². The fourth-order valence-electron chi connectivity index (χ4n) is 2.12. The van der Waals surface area contributed by atoms with Gasteiger partial charge in [-0.1, -0.05) is 0 Å². The molecule has 0 heterocycles. The van der Waals surface area contributed by atoms with Gasteiger partial charge in [0, 0.05) is 32.5 Å². The van der Waals surface area contributed by atoms with Gasteiger partial charge in [0.15, 0.2) is 5.96 Å². The van der Waals surface area contributed by atoms with Crippen LogP contribution in [0.3, 0.4) is 0 Å². The van der Waals surface area contributed by atoms with E-state index >= 15 is 0 Å². The van der Waals surface area contributed by atoms with Crippen molar-refractivity contribution in [2.75, 3.05) is 32.1 Å². The lowest BCUT2D eigenvalue weighted by molar-refractivity contribution is 0.123. The highest BCUT2D eigenvalue weighted by molar-refractivity contribution is 14.0. The van der Waals surface area contributed by atoms with Crippen molar-refractivity contribution < 1.29 is 9.47 Å². The van der Waals surface area contributed by atoms with Crippen LogP contribution >= 0.6 is 24.0 Å². The normalized spacial score (nSPS) is 14.2. The minimum atomic E-state index is 0. The van der Waals surface area contributed by atoms with Crippen molar-refractivity contribution in [2.45, 2.75) is 39.2 Å². The molecule has 0 atom stereocenters. The van der Waals surface area contributed by atoms with E-state index in [0.717, 1.165) is 49.5 Å². The lowest BCUT2D eigenvalue weighted by Gasteiger charge is -2.13. The molecule has 0 unspecified atom stereocenters. The quantitative estimate of drug-likeness (QED) is 0.261. The summed E-state index contributed by atoms with van der Waals surface area (Å²) in [6.07, 6.45) is 3.85. The Morgan fingerprint density at radius 3 is 2.54 bits per heavy atom. The third-order valence-corrected chi connectivity index (χ3v) is 3.52. The van der Waals surface area contributed by atoms with E-state index in [4.69, 9.17) is 9.47 Å². The first-order valence-corrected chi connectivity index (χ1v) is 8.49. The zero-order valence-corrected chi connectivity index (χ0v) is 17.2. The molecule has 1 aliphatic rings. The number of ether oxygens (including phenoxy) is 2. The van der Waals surface area contributed by atoms with Crippen molar-refractivity contribution in [3.63, 3.8) is 0 Å². The van der Waals surface area contributed by atoms with E-state index in [1.54, 1.807) is 7.05 Å². The maximum absolute atomic E-state index is 5.64. The summed E-state index contributed by atoms with van der Waals surface area (Å²) in [5.74, 6) is 2.48. The summed E-state index contributed by atoms with van der Waals surface area (Å²) in [6.45, 7) is 6.62. The molecule has 0 aromatic heterocycles. The summed E-state index contributed by atoms with van der Waals surface area (Å²) in [6, 6.07) is 7.90. The Morgan fingerprint density at radius 2 is 1.96 bits per heavy atom. The van der Waals surface area contributed by atoms with Crippen LogP contribution in [-0.2, 0) is 4.74 Å². The van der Waals surface area contributed by atoms with Crippen LogP contribution < -0.4 is 15.4 Å². The Balaban J connectivity index is 0.00000288. The second-order valence-corrected chi connectivity index (χ2v) is 6.19. The average Bonchev–Trinajstić information content (AvgIpc) is 3.35. The van der Waals surface area contributed by atoms with Gasteiger partial charge in [0.05, 0.1) is 6.10 Å². The third kappa shape index (κ3) is 8.73. The number of anilines is 1. The van der Waals surface area contributed by atoms with Crippen molar-refractivity contribution in [3.05, 3.63) is 24.3 Å². The molecule has 0 radical (unpaired) electrons. The molecule has 1 fully saturated rings. The molecule has 136 valence electrons. The first kappa shape index (κ1) is 21.0. The van der Waals surface area contributed by atoms with E-state index in [9.17, 15) is 0 Å². The second kappa shape index (κ2) is 11.5. The first-order chi connectivity index (χ1) is 11.2. The molecule has 1 saturated carbocycles. The lowest BCUT2D eigenvalue weighted by Crippen LogP contribution is -2.31. The molecule has 24 heavy (non-hydrogen) atoms. The van der Waals surface area contributed by atoms with Gasteiger partial charge >= 0.3 is 0 Å². The number of nitrogens with one attached hydrogen (secondary N) is 2. The van der Waals surface area contributed by atoms with Gasteiger partial charge in [-0.05, 0) is 63.3 Å². The fourth-order valence-corrected chi connectivity index (χ4v) is 2.12. The second-order valence-electron chi connectivity index (χ2n) is 6.19. The number of rotatable bonds is 9. The molecular weight excluding hydrogens is 417 g/mol. The van der Waals surface area contributed by atoms with E-state index in [0.29, 0.717) is 0 Å². The molecule has 0 amide bonds. The van der Waals surface area contributed by atoms with Gasteiger partial charge in [0.1, 0.15) is 5.75 Å². The highest BCUT2D eigenvalue weighted by atomic mass is 127. The van der Waals surface area contributed by atoms with Gasteiger partial charge in [-0.15, -0.1) is 24.0 Å². The Bertz CT molecular complexity index is 488. The summed E-state index contributed by atoms with van der Waals surface area (Å²) in [5.41, 5.74) is 0.985. The van der Waals surface area contributed by atoms with Crippen LogP contribution in [0.2, 0.25) is 0 Å². The molecule has 1 aliphatic carbocycles. The summed E-state index contributed by atoms with van der Waals surface area (Å²) < 4.78 is 11.3. The highest BCUT2D eigenvalue weighted by Gasteiger charge is 2.20. The van der Waals surface area contributed by atoms with Gasteiger partial charge in [-0.3, -0.25) is 4.99 Å². The largest absolute Gasteiger partial charge is 0.491 e. The number of hydrogen-bond donors (Lipinski definition) is 2. The molecule has 2 rings (SSSR count).